The van der Waals surface area contributed by atoms with Gasteiger partial charge in [-0.05, 0) is 98.8 Å². The molecule has 0 aromatic heterocycles. The molecule has 5 saturated carbocycles. The number of rotatable bonds is 8. The third-order valence-electron chi connectivity index (χ3n) is 13.1. The first kappa shape index (κ1) is 41.8. The van der Waals surface area contributed by atoms with Crippen molar-refractivity contribution in [1.82, 2.24) is 0 Å². The monoisotopic (exact) mass is 752 g/mol. The second-order valence-corrected chi connectivity index (χ2v) is 18.9. The number of carboxylic acid groups (broad SMARTS) is 1. The van der Waals surface area contributed by atoms with Crippen LogP contribution < -0.4 is 0 Å². The second-order valence-electron chi connectivity index (χ2n) is 18.9. The maximum Gasteiger partial charge on any atom is 0.350 e. The molecule has 0 aromatic carbocycles. The average molecular weight is 753 g/mol. The van der Waals surface area contributed by atoms with E-state index < -0.39 is 87.4 Å². The summed E-state index contributed by atoms with van der Waals surface area (Å²) in [7, 11) is 0. The number of aliphatic carboxylic acids is 1. The lowest BCUT2D eigenvalue weighted by Crippen LogP contribution is -2.67. The summed E-state index contributed by atoms with van der Waals surface area (Å²) < 4.78 is 34.9. The van der Waals surface area contributed by atoms with Gasteiger partial charge in [0.25, 0.3) is 0 Å². The zero-order valence-electron chi connectivity index (χ0n) is 33.3. The molecule has 3 saturated heterocycles. The van der Waals surface area contributed by atoms with E-state index in [4.69, 9.17) is 33.5 Å². The van der Waals surface area contributed by atoms with Crippen molar-refractivity contribution < 1.29 is 62.9 Å². The molecule has 0 radical (unpaired) electrons. The molecule has 0 aromatic rings. The molecule has 0 amide bonds. The van der Waals surface area contributed by atoms with Gasteiger partial charge in [0.1, 0.15) is 11.7 Å². The molecule has 7 unspecified atom stereocenters. The summed E-state index contributed by atoms with van der Waals surface area (Å²) in [4.78, 5) is 47.2. The van der Waals surface area contributed by atoms with Gasteiger partial charge < -0.3 is 43.7 Å². The molecule has 3 aliphatic heterocycles. The van der Waals surface area contributed by atoms with Crippen LogP contribution >= 0.6 is 0 Å². The quantitative estimate of drug-likeness (QED) is 0.202. The van der Waals surface area contributed by atoms with Crippen molar-refractivity contribution in [3.8, 4) is 0 Å². The minimum atomic E-state index is -1.05. The lowest BCUT2D eigenvalue weighted by atomic mass is 9.50. The Morgan fingerprint density at radius 3 is 1.77 bits per heavy atom. The van der Waals surface area contributed by atoms with Crippen molar-refractivity contribution >= 4 is 23.9 Å². The molecule has 302 valence electrons. The van der Waals surface area contributed by atoms with E-state index in [9.17, 15) is 29.4 Å². The summed E-state index contributed by atoms with van der Waals surface area (Å²) >= 11 is 0. The summed E-state index contributed by atoms with van der Waals surface area (Å²) in [6.07, 6.45) is 7.35. The average Bonchev–Trinajstić information content (AvgIpc) is 3.66. The highest BCUT2D eigenvalue weighted by Crippen LogP contribution is 2.61. The number of carbonyl (C=O) groups is 4. The minimum Gasteiger partial charge on any atom is -0.481 e. The van der Waals surface area contributed by atoms with Crippen LogP contribution in [0.1, 0.15) is 152 Å². The molecule has 1 spiro atoms. The van der Waals surface area contributed by atoms with Crippen molar-refractivity contribution in [2.24, 2.45) is 22.2 Å². The van der Waals surface area contributed by atoms with Crippen LogP contribution in [0.3, 0.4) is 0 Å². The van der Waals surface area contributed by atoms with Gasteiger partial charge in [-0.1, -0.05) is 27.2 Å². The Hall–Kier alpha value is -2.32. The second kappa shape index (κ2) is 14.6. The van der Waals surface area contributed by atoms with Gasteiger partial charge in [-0.3, -0.25) is 14.4 Å². The van der Waals surface area contributed by atoms with Crippen LogP contribution in [-0.2, 0) is 47.6 Å². The van der Waals surface area contributed by atoms with Crippen LogP contribution in [0.25, 0.3) is 0 Å². The van der Waals surface area contributed by atoms with E-state index in [0.29, 0.717) is 32.1 Å². The summed E-state index contributed by atoms with van der Waals surface area (Å²) in [6.45, 7) is 16.5. The Balaban J connectivity index is 0.000000173. The number of hydrogen-bond acceptors (Lipinski definition) is 12. The van der Waals surface area contributed by atoms with Gasteiger partial charge in [0.2, 0.25) is 6.10 Å². The standard InChI is InChI=1S/C18H26O7.C16H26O4.C6H12O2/c1-4-17(2,3)16(20)23-12-10-11(21-14(12)19)13-15(22-10)25-18(24-13)8-6-5-7-9-18;1-4-13(2,3)12(17)20-16-7-11-5-14(18,9-16)8-15(19,6-11)10-16;1-4-6(2,3)5(7)8/h10-13,15H,4-9H2,1-3H3;11,18-19H,4-10H2,1-3H3;4H2,1-3H3,(H,7,8). The zero-order valence-corrected chi connectivity index (χ0v) is 33.3. The summed E-state index contributed by atoms with van der Waals surface area (Å²) in [6, 6.07) is 0. The number of carbonyl (C=O) groups excluding carboxylic acids is 3. The predicted molar refractivity (Wildman–Crippen MR) is 190 cm³/mol. The highest BCUT2D eigenvalue weighted by atomic mass is 16.9. The molecule has 8 aliphatic rings. The van der Waals surface area contributed by atoms with Gasteiger partial charge in [0.15, 0.2) is 24.3 Å². The molecule has 7 atom stereocenters. The first-order chi connectivity index (χ1) is 24.5. The van der Waals surface area contributed by atoms with E-state index in [1.165, 1.54) is 6.42 Å². The highest BCUT2D eigenvalue weighted by molar-refractivity contribution is 5.84. The van der Waals surface area contributed by atoms with Gasteiger partial charge in [0.05, 0.1) is 27.4 Å². The van der Waals surface area contributed by atoms with Crippen LogP contribution in [0.15, 0.2) is 0 Å². The molecular weight excluding hydrogens is 688 g/mol. The number of ether oxygens (including phenoxy) is 6. The fraction of sp³-hybridized carbons (Fsp3) is 0.900. The van der Waals surface area contributed by atoms with E-state index >= 15 is 0 Å². The van der Waals surface area contributed by atoms with Gasteiger partial charge in [0, 0.05) is 32.1 Å². The van der Waals surface area contributed by atoms with Gasteiger partial charge >= 0.3 is 23.9 Å². The Bertz CT molecular complexity index is 1380. The van der Waals surface area contributed by atoms with Crippen molar-refractivity contribution in [1.29, 1.82) is 0 Å². The number of esters is 3. The van der Waals surface area contributed by atoms with E-state index in [-0.39, 0.29) is 11.9 Å². The first-order valence-electron chi connectivity index (χ1n) is 19.8. The summed E-state index contributed by atoms with van der Waals surface area (Å²) in [5.74, 6) is -2.25. The van der Waals surface area contributed by atoms with Crippen molar-refractivity contribution in [3.05, 3.63) is 0 Å². The third-order valence-corrected chi connectivity index (χ3v) is 13.1. The molecule has 13 nitrogen and oxygen atoms in total. The number of carboxylic acids is 1. The number of fused-ring (bicyclic) bond motifs is 3. The smallest absolute Gasteiger partial charge is 0.350 e. The number of aliphatic hydroxyl groups is 2. The van der Waals surface area contributed by atoms with Crippen molar-refractivity contribution in [2.75, 3.05) is 0 Å². The van der Waals surface area contributed by atoms with Crippen LogP contribution in [0, 0.1) is 22.2 Å². The molecule has 8 fully saturated rings. The van der Waals surface area contributed by atoms with E-state index in [1.54, 1.807) is 27.7 Å². The largest absolute Gasteiger partial charge is 0.481 e. The molecular formula is C40H64O13. The molecule has 3 N–H and O–H groups in total. The molecule has 5 aliphatic carbocycles. The lowest BCUT2D eigenvalue weighted by Gasteiger charge is -2.62. The third kappa shape index (κ3) is 8.59. The Kier molecular flexibility index (Phi) is 11.6. The zero-order chi connectivity index (χ0) is 39.4. The molecule has 8 rings (SSSR count). The Labute approximate surface area is 314 Å². The molecule has 53 heavy (non-hydrogen) atoms. The van der Waals surface area contributed by atoms with Gasteiger partial charge in [-0.2, -0.15) is 0 Å². The van der Waals surface area contributed by atoms with Crippen molar-refractivity contribution in [3.63, 3.8) is 0 Å². The van der Waals surface area contributed by atoms with E-state index in [0.717, 1.165) is 51.4 Å². The highest BCUT2D eigenvalue weighted by Gasteiger charge is 2.67. The molecule has 4 bridgehead atoms. The van der Waals surface area contributed by atoms with Crippen LogP contribution in [0.4, 0.5) is 0 Å². The SMILES string of the molecule is CCC(C)(C)C(=O)O.CCC(C)(C)C(=O)OC12CC3CC(O)(CC(O)(C3)C1)C2.CCC(C)(C)C(=O)OC1C(=O)OC2C3OC4(CCCCC4)OC3OC12. The fourth-order valence-electron chi connectivity index (χ4n) is 8.92. The van der Waals surface area contributed by atoms with Crippen LogP contribution in [-0.4, -0.2) is 92.5 Å². The summed E-state index contributed by atoms with van der Waals surface area (Å²) in [5.41, 5.74) is -4.04. The molecule has 3 heterocycles. The Morgan fingerprint density at radius 2 is 1.28 bits per heavy atom. The first-order valence-corrected chi connectivity index (χ1v) is 19.8. The maximum absolute atomic E-state index is 12.4. The topological polar surface area (TPSA) is 184 Å². The van der Waals surface area contributed by atoms with Gasteiger partial charge in [-0.15, -0.1) is 0 Å². The van der Waals surface area contributed by atoms with E-state index in [1.807, 2.05) is 34.6 Å². The van der Waals surface area contributed by atoms with Gasteiger partial charge in [-0.25, -0.2) is 4.79 Å². The van der Waals surface area contributed by atoms with E-state index in [2.05, 4.69) is 0 Å². The molecule has 13 heteroatoms. The Morgan fingerprint density at radius 1 is 0.736 bits per heavy atom. The minimum absolute atomic E-state index is 0.200. The maximum atomic E-state index is 12.4. The number of hydrogen-bond donors (Lipinski definition) is 3. The van der Waals surface area contributed by atoms with Crippen LogP contribution in [0.5, 0.6) is 0 Å². The normalized spacial score (nSPS) is 37.8. The predicted octanol–water partition coefficient (Wildman–Crippen LogP) is 5.73. The van der Waals surface area contributed by atoms with Crippen LogP contribution in [0.2, 0.25) is 0 Å². The van der Waals surface area contributed by atoms with Crippen molar-refractivity contribution in [2.45, 2.75) is 206 Å². The summed E-state index contributed by atoms with van der Waals surface area (Å²) in [5, 5.41) is 29.8. The lowest BCUT2D eigenvalue weighted by molar-refractivity contribution is -0.264. The fourth-order valence-corrected chi connectivity index (χ4v) is 8.92.